The number of rotatable bonds is 7. The number of hydrogen-bond acceptors (Lipinski definition) is 3. The molecule has 0 aliphatic rings. The number of nitrogens with zero attached hydrogens (tertiary/aromatic N) is 2. The Labute approximate surface area is 129 Å². The molecule has 118 valence electrons. The van der Waals surface area contributed by atoms with E-state index in [0.29, 0.717) is 25.1 Å². The lowest BCUT2D eigenvalue weighted by Gasteiger charge is -2.08. The van der Waals surface area contributed by atoms with Gasteiger partial charge in [0.25, 0.3) is 5.91 Å². The average molecular weight is 305 g/mol. The number of methoxy groups -OCH3 is 1. The molecule has 1 N–H and O–H groups in total. The fourth-order valence-electron chi connectivity index (χ4n) is 2.22. The minimum absolute atomic E-state index is 0.152. The average Bonchev–Trinajstić information content (AvgIpc) is 2.96. The van der Waals surface area contributed by atoms with Gasteiger partial charge in [-0.2, -0.15) is 5.10 Å². The summed E-state index contributed by atoms with van der Waals surface area (Å²) in [6.45, 7) is 3.12. The van der Waals surface area contributed by atoms with Crippen LogP contribution in [0.3, 0.4) is 0 Å². The molecule has 0 saturated heterocycles. The second-order valence-electron chi connectivity index (χ2n) is 4.85. The molecular formula is C16H20FN3O2. The first kappa shape index (κ1) is 16.2. The number of carbonyl (C=O) groups is 1. The highest BCUT2D eigenvalue weighted by molar-refractivity contribution is 5.95. The zero-order valence-corrected chi connectivity index (χ0v) is 12.8. The molecule has 1 heterocycles. The Balaban J connectivity index is 2.16. The Morgan fingerprint density at radius 3 is 2.73 bits per heavy atom. The Hall–Kier alpha value is -2.21. The SMILES string of the molecule is CCc1c(C(=O)NCCCOC)cnn1-c1ccc(F)cc1. The van der Waals surface area contributed by atoms with Crippen molar-refractivity contribution in [2.45, 2.75) is 19.8 Å². The van der Waals surface area contributed by atoms with Gasteiger partial charge in [0.2, 0.25) is 0 Å². The maximum absolute atomic E-state index is 13.0. The van der Waals surface area contributed by atoms with E-state index in [1.54, 1.807) is 30.1 Å². The fourth-order valence-corrected chi connectivity index (χ4v) is 2.22. The van der Waals surface area contributed by atoms with Gasteiger partial charge in [0.1, 0.15) is 5.82 Å². The van der Waals surface area contributed by atoms with Crippen LogP contribution >= 0.6 is 0 Å². The quantitative estimate of drug-likeness (QED) is 0.799. The highest BCUT2D eigenvalue weighted by Crippen LogP contribution is 2.16. The molecule has 0 atom stereocenters. The van der Waals surface area contributed by atoms with Crippen LogP contribution in [0.2, 0.25) is 0 Å². The first-order valence-corrected chi connectivity index (χ1v) is 7.27. The van der Waals surface area contributed by atoms with Crippen LogP contribution in [0.4, 0.5) is 4.39 Å². The van der Waals surface area contributed by atoms with E-state index in [9.17, 15) is 9.18 Å². The number of hydrogen-bond donors (Lipinski definition) is 1. The molecule has 22 heavy (non-hydrogen) atoms. The number of amides is 1. The Kier molecular flexibility index (Phi) is 5.66. The van der Waals surface area contributed by atoms with Gasteiger partial charge in [-0.25, -0.2) is 9.07 Å². The molecule has 0 unspecified atom stereocenters. The number of ether oxygens (including phenoxy) is 1. The maximum atomic E-state index is 13.0. The Bertz CT molecular complexity index is 623. The summed E-state index contributed by atoms with van der Waals surface area (Å²) in [5.41, 5.74) is 2.08. The van der Waals surface area contributed by atoms with E-state index in [2.05, 4.69) is 10.4 Å². The van der Waals surface area contributed by atoms with Crippen LogP contribution in [0.1, 0.15) is 29.4 Å². The standard InChI is InChI=1S/C16H20FN3O2/c1-3-15-14(16(21)18-9-4-10-22-2)11-19-20(15)13-7-5-12(17)6-8-13/h5-8,11H,3-4,9-10H2,1-2H3,(H,18,21). The van der Waals surface area contributed by atoms with Crippen molar-refractivity contribution in [3.8, 4) is 5.69 Å². The summed E-state index contributed by atoms with van der Waals surface area (Å²) in [6, 6.07) is 6.03. The van der Waals surface area contributed by atoms with E-state index in [1.165, 1.54) is 12.1 Å². The van der Waals surface area contributed by atoms with Gasteiger partial charge in [0.15, 0.2) is 0 Å². The molecule has 5 nitrogen and oxygen atoms in total. The molecule has 1 aromatic carbocycles. The highest BCUT2D eigenvalue weighted by atomic mass is 19.1. The normalized spacial score (nSPS) is 10.7. The molecule has 1 amide bonds. The molecule has 0 aliphatic carbocycles. The fraction of sp³-hybridized carbons (Fsp3) is 0.375. The van der Waals surface area contributed by atoms with Gasteiger partial charge >= 0.3 is 0 Å². The van der Waals surface area contributed by atoms with E-state index in [-0.39, 0.29) is 11.7 Å². The van der Waals surface area contributed by atoms with Crippen molar-refractivity contribution in [2.75, 3.05) is 20.3 Å². The first-order valence-electron chi connectivity index (χ1n) is 7.27. The van der Waals surface area contributed by atoms with E-state index < -0.39 is 0 Å². The van der Waals surface area contributed by atoms with E-state index in [4.69, 9.17) is 4.74 Å². The van der Waals surface area contributed by atoms with E-state index in [0.717, 1.165) is 17.8 Å². The highest BCUT2D eigenvalue weighted by Gasteiger charge is 2.16. The van der Waals surface area contributed by atoms with Crippen LogP contribution in [0.15, 0.2) is 30.5 Å². The summed E-state index contributed by atoms with van der Waals surface area (Å²) in [5, 5.41) is 7.11. The van der Waals surface area contributed by atoms with Crippen LogP contribution in [0, 0.1) is 5.82 Å². The summed E-state index contributed by atoms with van der Waals surface area (Å²) < 4.78 is 19.6. The van der Waals surface area contributed by atoms with Crippen molar-refractivity contribution in [2.24, 2.45) is 0 Å². The Morgan fingerprint density at radius 2 is 2.09 bits per heavy atom. The summed E-state index contributed by atoms with van der Waals surface area (Å²) in [6.07, 6.45) is 2.96. The lowest BCUT2D eigenvalue weighted by Crippen LogP contribution is -2.26. The van der Waals surface area contributed by atoms with Crippen LogP contribution in [-0.4, -0.2) is 35.9 Å². The van der Waals surface area contributed by atoms with Crippen molar-refractivity contribution in [1.82, 2.24) is 15.1 Å². The van der Waals surface area contributed by atoms with Gasteiger partial charge in [0, 0.05) is 20.3 Å². The van der Waals surface area contributed by atoms with Crippen LogP contribution in [0.25, 0.3) is 5.69 Å². The minimum atomic E-state index is -0.301. The smallest absolute Gasteiger partial charge is 0.254 e. The summed E-state index contributed by atoms with van der Waals surface area (Å²) in [4.78, 5) is 12.2. The molecule has 0 spiro atoms. The van der Waals surface area contributed by atoms with Gasteiger partial charge < -0.3 is 10.1 Å². The first-order chi connectivity index (χ1) is 10.7. The van der Waals surface area contributed by atoms with Crippen LogP contribution in [0.5, 0.6) is 0 Å². The lowest BCUT2D eigenvalue weighted by atomic mass is 10.2. The van der Waals surface area contributed by atoms with Gasteiger partial charge in [0.05, 0.1) is 23.1 Å². The molecule has 2 rings (SSSR count). The number of nitrogens with one attached hydrogen (secondary N) is 1. The predicted octanol–water partition coefficient (Wildman–Crippen LogP) is 2.34. The van der Waals surface area contributed by atoms with Gasteiger partial charge in [-0.05, 0) is 37.1 Å². The third-order valence-corrected chi connectivity index (χ3v) is 3.33. The molecule has 2 aromatic rings. The molecule has 0 fully saturated rings. The Morgan fingerprint density at radius 1 is 1.36 bits per heavy atom. The topological polar surface area (TPSA) is 56.1 Å². The van der Waals surface area contributed by atoms with Crippen LogP contribution in [-0.2, 0) is 11.2 Å². The van der Waals surface area contributed by atoms with E-state index in [1.807, 2.05) is 6.92 Å². The summed E-state index contributed by atoms with van der Waals surface area (Å²) >= 11 is 0. The molecule has 1 aromatic heterocycles. The molecule has 6 heteroatoms. The van der Waals surface area contributed by atoms with E-state index >= 15 is 0 Å². The second kappa shape index (κ2) is 7.70. The molecular weight excluding hydrogens is 285 g/mol. The van der Waals surface area contributed by atoms with Gasteiger partial charge in [-0.3, -0.25) is 4.79 Å². The van der Waals surface area contributed by atoms with Crippen molar-refractivity contribution >= 4 is 5.91 Å². The predicted molar refractivity (Wildman–Crippen MR) is 81.7 cm³/mol. The molecule has 0 radical (unpaired) electrons. The maximum Gasteiger partial charge on any atom is 0.254 e. The third-order valence-electron chi connectivity index (χ3n) is 3.33. The molecule has 0 aliphatic heterocycles. The van der Waals surface area contributed by atoms with Crippen molar-refractivity contribution in [3.05, 3.63) is 47.5 Å². The van der Waals surface area contributed by atoms with Crippen molar-refractivity contribution in [3.63, 3.8) is 0 Å². The minimum Gasteiger partial charge on any atom is -0.385 e. The zero-order valence-electron chi connectivity index (χ0n) is 12.8. The van der Waals surface area contributed by atoms with Gasteiger partial charge in [-0.15, -0.1) is 0 Å². The van der Waals surface area contributed by atoms with Gasteiger partial charge in [-0.1, -0.05) is 6.92 Å². The summed E-state index contributed by atoms with van der Waals surface area (Å²) in [5.74, 6) is -0.452. The number of carbonyl (C=O) groups excluding carboxylic acids is 1. The second-order valence-corrected chi connectivity index (χ2v) is 4.85. The lowest BCUT2D eigenvalue weighted by molar-refractivity contribution is 0.0947. The number of halogens is 1. The monoisotopic (exact) mass is 305 g/mol. The molecule has 0 saturated carbocycles. The third kappa shape index (κ3) is 3.71. The van der Waals surface area contributed by atoms with Crippen molar-refractivity contribution in [1.29, 1.82) is 0 Å². The number of benzene rings is 1. The largest absolute Gasteiger partial charge is 0.385 e. The van der Waals surface area contributed by atoms with Crippen LogP contribution < -0.4 is 5.32 Å². The number of aromatic nitrogens is 2. The zero-order chi connectivity index (χ0) is 15.9. The van der Waals surface area contributed by atoms with Crippen molar-refractivity contribution < 1.29 is 13.9 Å². The molecule has 0 bridgehead atoms. The summed E-state index contributed by atoms with van der Waals surface area (Å²) in [7, 11) is 1.63.